The van der Waals surface area contributed by atoms with E-state index >= 15 is 0 Å². The Balaban J connectivity index is 2.36. The molecule has 0 bridgehead atoms. The molecular weight excluding hydrogens is 258 g/mol. The molecule has 0 aromatic carbocycles. The van der Waals surface area contributed by atoms with Gasteiger partial charge < -0.3 is 10.0 Å². The zero-order chi connectivity index (χ0) is 14.9. The summed E-state index contributed by atoms with van der Waals surface area (Å²) in [6.07, 6.45) is 2.78. The first-order valence-electron chi connectivity index (χ1n) is 6.43. The number of carboxylic acid groups (broad SMARTS) is 1. The van der Waals surface area contributed by atoms with Gasteiger partial charge in [-0.1, -0.05) is 0 Å². The van der Waals surface area contributed by atoms with Crippen molar-refractivity contribution in [3.63, 3.8) is 0 Å². The molecule has 2 N–H and O–H groups in total. The molecule has 0 saturated carbocycles. The maximum absolute atomic E-state index is 11.2. The number of nitrogens with zero attached hydrogens (tertiary/aromatic N) is 3. The highest BCUT2D eigenvalue weighted by molar-refractivity contribution is 5.68. The second-order valence-electron chi connectivity index (χ2n) is 5.02. The third-order valence-electron chi connectivity index (χ3n) is 3.93. The number of hydrogen-bond acceptors (Lipinski definition) is 5. The van der Waals surface area contributed by atoms with Crippen LogP contribution in [0.3, 0.4) is 0 Å². The lowest BCUT2D eigenvalue weighted by molar-refractivity contribution is -0.143. The molecular formula is C14H19N3O3. The molecule has 0 fully saturated rings. The first kappa shape index (κ1) is 14.3. The van der Waals surface area contributed by atoms with Crippen molar-refractivity contribution in [2.24, 2.45) is 0 Å². The summed E-state index contributed by atoms with van der Waals surface area (Å²) in [5, 5.41) is 20.6. The van der Waals surface area contributed by atoms with Crippen LogP contribution in [-0.4, -0.2) is 44.4 Å². The molecule has 108 valence electrons. The van der Waals surface area contributed by atoms with E-state index < -0.39 is 12.1 Å². The van der Waals surface area contributed by atoms with E-state index in [1.54, 1.807) is 24.5 Å². The Bertz CT molecular complexity index is 512. The lowest BCUT2D eigenvalue weighted by Crippen LogP contribution is -2.42. The average molecular weight is 277 g/mol. The van der Waals surface area contributed by atoms with Crippen molar-refractivity contribution in [2.45, 2.75) is 32.4 Å². The molecule has 0 saturated heterocycles. The topological polar surface area (TPSA) is 76.9 Å². The summed E-state index contributed by atoms with van der Waals surface area (Å²) >= 11 is 0. The molecule has 1 aliphatic heterocycles. The van der Waals surface area contributed by atoms with Gasteiger partial charge in [0.2, 0.25) is 0 Å². The number of hydrogen-bond donors (Lipinski definition) is 2. The van der Waals surface area contributed by atoms with Gasteiger partial charge in [0.15, 0.2) is 0 Å². The van der Waals surface area contributed by atoms with E-state index in [0.717, 1.165) is 22.0 Å². The number of carboxylic acids is 1. The lowest BCUT2D eigenvalue weighted by Gasteiger charge is -2.34. The molecule has 2 heterocycles. The van der Waals surface area contributed by atoms with E-state index in [1.165, 1.54) is 0 Å². The SMILES string of the molecule is CC1=C(C)N(O)C(C(CC(=O)O)c2ccncc2)N1C. The Morgan fingerprint density at radius 3 is 2.40 bits per heavy atom. The molecule has 1 aromatic heterocycles. The minimum Gasteiger partial charge on any atom is -0.481 e. The number of allylic oxidation sites excluding steroid dienone is 2. The Kier molecular flexibility index (Phi) is 3.94. The van der Waals surface area contributed by atoms with Crippen LogP contribution in [0.15, 0.2) is 35.9 Å². The summed E-state index contributed by atoms with van der Waals surface area (Å²) in [5.74, 6) is -1.24. The fraction of sp³-hybridized carbons (Fsp3) is 0.429. The lowest BCUT2D eigenvalue weighted by atomic mass is 9.93. The second-order valence-corrected chi connectivity index (χ2v) is 5.02. The van der Waals surface area contributed by atoms with Crippen LogP contribution in [-0.2, 0) is 4.79 Å². The summed E-state index contributed by atoms with van der Waals surface area (Å²) in [6.45, 7) is 3.72. The van der Waals surface area contributed by atoms with Gasteiger partial charge in [0.25, 0.3) is 0 Å². The van der Waals surface area contributed by atoms with E-state index in [-0.39, 0.29) is 12.3 Å². The van der Waals surface area contributed by atoms with Crippen molar-refractivity contribution < 1.29 is 15.1 Å². The van der Waals surface area contributed by atoms with Crippen molar-refractivity contribution >= 4 is 5.97 Å². The number of aromatic nitrogens is 1. The van der Waals surface area contributed by atoms with Crippen LogP contribution in [0.4, 0.5) is 0 Å². The minimum atomic E-state index is -0.893. The predicted molar refractivity (Wildman–Crippen MR) is 72.8 cm³/mol. The van der Waals surface area contributed by atoms with Gasteiger partial charge in [0.05, 0.1) is 12.1 Å². The van der Waals surface area contributed by atoms with Crippen LogP contribution in [0.25, 0.3) is 0 Å². The van der Waals surface area contributed by atoms with Crippen molar-refractivity contribution in [2.75, 3.05) is 7.05 Å². The van der Waals surface area contributed by atoms with Crippen molar-refractivity contribution in [1.29, 1.82) is 0 Å². The van der Waals surface area contributed by atoms with E-state index in [9.17, 15) is 10.0 Å². The van der Waals surface area contributed by atoms with Crippen molar-refractivity contribution in [1.82, 2.24) is 14.9 Å². The molecule has 2 atom stereocenters. The maximum atomic E-state index is 11.2. The number of aliphatic carboxylic acids is 1. The number of hydroxylamine groups is 2. The Labute approximate surface area is 117 Å². The number of pyridine rings is 1. The summed E-state index contributed by atoms with van der Waals surface area (Å²) < 4.78 is 0. The van der Waals surface area contributed by atoms with E-state index in [2.05, 4.69) is 4.98 Å². The summed E-state index contributed by atoms with van der Waals surface area (Å²) in [4.78, 5) is 17.0. The van der Waals surface area contributed by atoms with Gasteiger partial charge in [-0.15, -0.1) is 0 Å². The highest BCUT2D eigenvalue weighted by Gasteiger charge is 2.39. The normalized spacial score (nSPS) is 20.5. The van der Waals surface area contributed by atoms with E-state index in [0.29, 0.717) is 0 Å². The molecule has 0 aliphatic carbocycles. The third kappa shape index (κ3) is 2.46. The van der Waals surface area contributed by atoms with Gasteiger partial charge in [0, 0.05) is 31.1 Å². The van der Waals surface area contributed by atoms with Crippen LogP contribution in [0.1, 0.15) is 31.7 Å². The van der Waals surface area contributed by atoms with Crippen LogP contribution >= 0.6 is 0 Å². The monoisotopic (exact) mass is 277 g/mol. The average Bonchev–Trinajstić information content (AvgIpc) is 2.62. The molecule has 6 nitrogen and oxygen atoms in total. The van der Waals surface area contributed by atoms with Crippen LogP contribution < -0.4 is 0 Å². The first-order chi connectivity index (χ1) is 9.43. The summed E-state index contributed by atoms with van der Waals surface area (Å²) in [5.41, 5.74) is 2.52. The fourth-order valence-electron chi connectivity index (χ4n) is 2.62. The van der Waals surface area contributed by atoms with Crippen molar-refractivity contribution in [3.05, 3.63) is 41.5 Å². The van der Waals surface area contributed by atoms with Crippen LogP contribution in [0.5, 0.6) is 0 Å². The van der Waals surface area contributed by atoms with Gasteiger partial charge in [-0.25, -0.2) is 5.06 Å². The molecule has 1 aromatic rings. The highest BCUT2D eigenvalue weighted by Crippen LogP contribution is 2.36. The summed E-state index contributed by atoms with van der Waals surface area (Å²) in [7, 11) is 1.86. The summed E-state index contributed by atoms with van der Waals surface area (Å²) in [6, 6.07) is 3.58. The van der Waals surface area contributed by atoms with E-state index in [1.807, 2.05) is 25.8 Å². The standard InChI is InChI=1S/C14H19N3O3/c1-9-10(2)17(20)14(16(9)3)12(8-13(18)19)11-4-6-15-7-5-11/h4-7,12,14,20H,8H2,1-3H3,(H,18,19). The maximum Gasteiger partial charge on any atom is 0.304 e. The molecule has 2 unspecified atom stereocenters. The van der Waals surface area contributed by atoms with Gasteiger partial charge in [-0.05, 0) is 31.5 Å². The highest BCUT2D eigenvalue weighted by atomic mass is 16.5. The quantitative estimate of drug-likeness (QED) is 0.874. The third-order valence-corrected chi connectivity index (χ3v) is 3.93. The number of rotatable bonds is 4. The minimum absolute atomic E-state index is 0.0589. The zero-order valence-corrected chi connectivity index (χ0v) is 11.8. The van der Waals surface area contributed by atoms with E-state index in [4.69, 9.17) is 5.11 Å². The van der Waals surface area contributed by atoms with Gasteiger partial charge in [-0.2, -0.15) is 0 Å². The van der Waals surface area contributed by atoms with Gasteiger partial charge in [0.1, 0.15) is 6.17 Å². The first-order valence-corrected chi connectivity index (χ1v) is 6.43. The predicted octanol–water partition coefficient (Wildman–Crippen LogP) is 1.85. The second kappa shape index (κ2) is 5.50. The molecule has 0 amide bonds. The molecule has 0 spiro atoms. The molecule has 2 rings (SSSR count). The molecule has 6 heteroatoms. The van der Waals surface area contributed by atoms with Crippen LogP contribution in [0.2, 0.25) is 0 Å². The zero-order valence-electron chi connectivity index (χ0n) is 11.8. The number of carbonyl (C=O) groups is 1. The van der Waals surface area contributed by atoms with Crippen molar-refractivity contribution in [3.8, 4) is 0 Å². The Morgan fingerprint density at radius 2 is 1.95 bits per heavy atom. The van der Waals surface area contributed by atoms with Crippen LogP contribution in [0, 0.1) is 0 Å². The van der Waals surface area contributed by atoms with Gasteiger partial charge >= 0.3 is 5.97 Å². The molecule has 20 heavy (non-hydrogen) atoms. The molecule has 1 aliphatic rings. The smallest absolute Gasteiger partial charge is 0.304 e. The van der Waals surface area contributed by atoms with Gasteiger partial charge in [-0.3, -0.25) is 15.0 Å². The largest absolute Gasteiger partial charge is 0.481 e. The number of likely N-dealkylation sites (N-methyl/N-ethyl adjacent to an activating group) is 1. The molecule has 0 radical (unpaired) electrons. The fourth-order valence-corrected chi connectivity index (χ4v) is 2.62. The Hall–Kier alpha value is -2.08. The Morgan fingerprint density at radius 1 is 1.35 bits per heavy atom.